The standard InChI is InChI=1S/C20H20N4O2S/c1-12(20-24-15-4-2-3-5-17(15)27-20)22-19(26)14-8-6-13(7-9-14)16-10-21-11-18(25)23-16/h6-12H,2-5H2,1H3,(H,22,26)(H,23,25)/t12-/m0/s1. The molecular weight excluding hydrogens is 360 g/mol. The lowest BCUT2D eigenvalue weighted by Gasteiger charge is -2.11. The molecule has 7 heteroatoms. The highest BCUT2D eigenvalue weighted by Crippen LogP contribution is 2.29. The van der Waals surface area contributed by atoms with Gasteiger partial charge in [0.25, 0.3) is 11.5 Å². The SMILES string of the molecule is C[C@H](NC(=O)c1ccc(-c2cncc(=O)[nH]2)cc1)c1nc2c(s1)CCCC2. The van der Waals surface area contributed by atoms with Crippen LogP contribution in [0.25, 0.3) is 11.3 Å². The minimum atomic E-state index is -0.255. The molecular formula is C20H20N4O2S. The molecule has 0 unspecified atom stereocenters. The predicted octanol–water partition coefficient (Wildman–Crippen LogP) is 3.26. The number of thiazole rings is 1. The van der Waals surface area contributed by atoms with E-state index < -0.39 is 0 Å². The molecule has 0 saturated heterocycles. The van der Waals surface area contributed by atoms with Gasteiger partial charge < -0.3 is 10.3 Å². The first-order valence-electron chi connectivity index (χ1n) is 9.04. The molecule has 0 radical (unpaired) electrons. The largest absolute Gasteiger partial charge is 0.343 e. The number of fused-ring (bicyclic) bond motifs is 1. The lowest BCUT2D eigenvalue weighted by molar-refractivity contribution is 0.0940. The molecule has 1 atom stereocenters. The average molecular weight is 380 g/mol. The number of carbonyl (C=O) groups is 1. The maximum Gasteiger partial charge on any atom is 0.266 e. The summed E-state index contributed by atoms with van der Waals surface area (Å²) in [6, 6.07) is 6.97. The van der Waals surface area contributed by atoms with Gasteiger partial charge in [0, 0.05) is 10.4 Å². The zero-order valence-corrected chi connectivity index (χ0v) is 15.8. The van der Waals surface area contributed by atoms with Crippen LogP contribution in [-0.2, 0) is 12.8 Å². The van der Waals surface area contributed by atoms with E-state index in [2.05, 4.69) is 15.3 Å². The Labute approximate surface area is 160 Å². The molecule has 0 saturated carbocycles. The molecule has 0 fully saturated rings. The van der Waals surface area contributed by atoms with Crippen molar-refractivity contribution < 1.29 is 4.79 Å². The third-order valence-corrected chi connectivity index (χ3v) is 6.03. The van der Waals surface area contributed by atoms with Crippen LogP contribution in [0.1, 0.15) is 51.7 Å². The lowest BCUT2D eigenvalue weighted by Crippen LogP contribution is -2.26. The lowest BCUT2D eigenvalue weighted by atomic mass is 10.0. The van der Waals surface area contributed by atoms with Gasteiger partial charge >= 0.3 is 0 Å². The summed E-state index contributed by atoms with van der Waals surface area (Å²) in [6.07, 6.45) is 7.39. The number of aryl methyl sites for hydroxylation is 2. The zero-order chi connectivity index (χ0) is 18.8. The Bertz CT molecular complexity index is 999. The second-order valence-corrected chi connectivity index (χ2v) is 7.83. The number of rotatable bonds is 4. The number of benzene rings is 1. The molecule has 138 valence electrons. The number of carbonyl (C=O) groups excluding carboxylic acids is 1. The first-order chi connectivity index (χ1) is 13.1. The van der Waals surface area contributed by atoms with E-state index in [9.17, 15) is 9.59 Å². The van der Waals surface area contributed by atoms with Crippen molar-refractivity contribution in [2.75, 3.05) is 0 Å². The molecule has 0 spiro atoms. The zero-order valence-electron chi connectivity index (χ0n) is 15.0. The second-order valence-electron chi connectivity index (χ2n) is 6.71. The molecule has 4 rings (SSSR count). The van der Waals surface area contributed by atoms with Crippen LogP contribution < -0.4 is 10.9 Å². The third-order valence-electron chi connectivity index (χ3n) is 4.69. The van der Waals surface area contributed by atoms with Gasteiger partial charge in [0.2, 0.25) is 0 Å². The third kappa shape index (κ3) is 3.83. The van der Waals surface area contributed by atoms with Crippen molar-refractivity contribution in [3.63, 3.8) is 0 Å². The van der Waals surface area contributed by atoms with Crippen molar-refractivity contribution in [1.82, 2.24) is 20.3 Å². The molecule has 1 amide bonds. The molecule has 2 aromatic heterocycles. The normalized spacial score (nSPS) is 14.4. The van der Waals surface area contributed by atoms with E-state index in [1.165, 1.54) is 29.6 Å². The Balaban J connectivity index is 1.46. The molecule has 1 aliphatic rings. The minimum absolute atomic E-state index is 0.123. The van der Waals surface area contributed by atoms with Crippen molar-refractivity contribution in [3.05, 3.63) is 68.2 Å². The molecule has 2 heterocycles. The van der Waals surface area contributed by atoms with Crippen LogP contribution in [0.3, 0.4) is 0 Å². The van der Waals surface area contributed by atoms with E-state index in [-0.39, 0.29) is 17.5 Å². The number of nitrogens with one attached hydrogen (secondary N) is 2. The van der Waals surface area contributed by atoms with E-state index in [4.69, 9.17) is 4.98 Å². The summed E-state index contributed by atoms with van der Waals surface area (Å²) >= 11 is 1.72. The van der Waals surface area contributed by atoms with Crippen molar-refractivity contribution >= 4 is 17.2 Å². The van der Waals surface area contributed by atoms with Crippen molar-refractivity contribution in [2.45, 2.75) is 38.6 Å². The van der Waals surface area contributed by atoms with Crippen LogP contribution in [-0.4, -0.2) is 20.9 Å². The molecule has 0 bridgehead atoms. The first kappa shape index (κ1) is 17.6. The van der Waals surface area contributed by atoms with Gasteiger partial charge in [-0.2, -0.15) is 0 Å². The highest BCUT2D eigenvalue weighted by Gasteiger charge is 2.20. The van der Waals surface area contributed by atoms with Gasteiger partial charge in [0.1, 0.15) is 5.01 Å². The summed E-state index contributed by atoms with van der Waals surface area (Å²) < 4.78 is 0. The van der Waals surface area contributed by atoms with Gasteiger partial charge in [0.05, 0.1) is 29.8 Å². The molecule has 1 aliphatic carbocycles. The summed E-state index contributed by atoms with van der Waals surface area (Å²) in [7, 11) is 0. The fourth-order valence-electron chi connectivity index (χ4n) is 3.22. The Morgan fingerprint density at radius 3 is 2.70 bits per heavy atom. The van der Waals surface area contributed by atoms with Crippen LogP contribution in [0.4, 0.5) is 0 Å². The molecule has 0 aliphatic heterocycles. The van der Waals surface area contributed by atoms with E-state index >= 15 is 0 Å². The minimum Gasteiger partial charge on any atom is -0.343 e. The van der Waals surface area contributed by atoms with Gasteiger partial charge in [-0.05, 0) is 50.3 Å². The van der Waals surface area contributed by atoms with E-state index in [0.29, 0.717) is 11.3 Å². The number of hydrogen-bond donors (Lipinski definition) is 2. The first-order valence-corrected chi connectivity index (χ1v) is 9.86. The van der Waals surface area contributed by atoms with Crippen molar-refractivity contribution in [3.8, 4) is 11.3 Å². The Kier molecular flexibility index (Phi) is 4.85. The number of nitrogens with zero attached hydrogens (tertiary/aromatic N) is 2. The number of aromatic nitrogens is 3. The smallest absolute Gasteiger partial charge is 0.266 e. The Morgan fingerprint density at radius 1 is 1.19 bits per heavy atom. The quantitative estimate of drug-likeness (QED) is 0.727. The van der Waals surface area contributed by atoms with Crippen LogP contribution in [0.2, 0.25) is 0 Å². The highest BCUT2D eigenvalue weighted by atomic mass is 32.1. The predicted molar refractivity (Wildman–Crippen MR) is 105 cm³/mol. The summed E-state index contributed by atoms with van der Waals surface area (Å²) in [6.45, 7) is 1.97. The van der Waals surface area contributed by atoms with Gasteiger partial charge in [-0.15, -0.1) is 11.3 Å². The summed E-state index contributed by atoms with van der Waals surface area (Å²) in [5.74, 6) is -0.137. The van der Waals surface area contributed by atoms with Gasteiger partial charge in [-0.25, -0.2) is 4.98 Å². The number of amides is 1. The average Bonchev–Trinajstić information content (AvgIpc) is 3.12. The summed E-state index contributed by atoms with van der Waals surface area (Å²) in [5, 5.41) is 4.00. The number of hydrogen-bond acceptors (Lipinski definition) is 5. The number of aromatic amines is 1. The van der Waals surface area contributed by atoms with Crippen molar-refractivity contribution in [2.24, 2.45) is 0 Å². The molecule has 3 aromatic rings. The van der Waals surface area contributed by atoms with E-state index in [1.807, 2.05) is 6.92 Å². The molecule has 27 heavy (non-hydrogen) atoms. The molecule has 6 nitrogen and oxygen atoms in total. The summed E-state index contributed by atoms with van der Waals surface area (Å²) in [4.78, 5) is 36.7. The molecule has 1 aromatic carbocycles. The van der Waals surface area contributed by atoms with E-state index in [0.717, 1.165) is 23.4 Å². The van der Waals surface area contributed by atoms with Crippen LogP contribution in [0, 0.1) is 0 Å². The maximum atomic E-state index is 12.6. The van der Waals surface area contributed by atoms with Crippen molar-refractivity contribution in [1.29, 1.82) is 0 Å². The van der Waals surface area contributed by atoms with E-state index in [1.54, 1.807) is 41.8 Å². The fraction of sp³-hybridized carbons (Fsp3) is 0.300. The van der Waals surface area contributed by atoms with Gasteiger partial charge in [0.15, 0.2) is 0 Å². The second kappa shape index (κ2) is 7.44. The van der Waals surface area contributed by atoms with Gasteiger partial charge in [-0.1, -0.05) is 12.1 Å². The van der Waals surface area contributed by atoms with Crippen LogP contribution >= 0.6 is 11.3 Å². The Hall–Kier alpha value is -2.80. The summed E-state index contributed by atoms with van der Waals surface area (Å²) in [5.41, 5.74) is 2.94. The maximum absolute atomic E-state index is 12.6. The number of H-pyrrole nitrogens is 1. The van der Waals surface area contributed by atoms with Crippen LogP contribution in [0.5, 0.6) is 0 Å². The topological polar surface area (TPSA) is 87.7 Å². The highest BCUT2D eigenvalue weighted by molar-refractivity contribution is 7.11. The monoisotopic (exact) mass is 380 g/mol. The Morgan fingerprint density at radius 2 is 1.96 bits per heavy atom. The van der Waals surface area contributed by atoms with Gasteiger partial charge in [-0.3, -0.25) is 14.6 Å². The molecule has 2 N–H and O–H groups in total. The van der Waals surface area contributed by atoms with Crippen LogP contribution in [0.15, 0.2) is 41.5 Å². The fourth-order valence-corrected chi connectivity index (χ4v) is 4.38.